The van der Waals surface area contributed by atoms with Gasteiger partial charge in [-0.05, 0) is 66.9 Å². The fourth-order valence-corrected chi connectivity index (χ4v) is 6.89. The van der Waals surface area contributed by atoms with Gasteiger partial charge in [0.2, 0.25) is 11.8 Å². The number of sulfonamides is 1. The first kappa shape index (κ1) is 33.3. The molecular formula is C33H32Cl3N3O4S. The molecule has 0 aliphatic heterocycles. The SMILES string of the molecule is CCNC(=O)[C@H](Cc1ccccc1)N(Cc1ccc(Cl)cc1Cl)C(=O)CN(c1cc(Cl)ccc1C)S(=O)(=O)c1ccccc1. The lowest BCUT2D eigenvalue weighted by molar-refractivity contribution is -0.140. The summed E-state index contributed by atoms with van der Waals surface area (Å²) in [6.07, 6.45) is 0.186. The molecule has 0 unspecified atom stereocenters. The second-order valence-corrected chi connectivity index (χ2v) is 13.3. The number of benzene rings is 4. The Bertz CT molecular complexity index is 1720. The molecule has 0 aliphatic carbocycles. The molecule has 4 rings (SSSR count). The van der Waals surface area contributed by atoms with Gasteiger partial charge in [-0.3, -0.25) is 13.9 Å². The maximum absolute atomic E-state index is 14.5. The van der Waals surface area contributed by atoms with E-state index in [0.29, 0.717) is 32.7 Å². The number of halogens is 3. The number of hydrogen-bond donors (Lipinski definition) is 1. The largest absolute Gasteiger partial charge is 0.355 e. The maximum Gasteiger partial charge on any atom is 0.264 e. The third-order valence-corrected chi connectivity index (χ3v) is 9.62. The number of likely N-dealkylation sites (N-methyl/N-ethyl adjacent to an activating group) is 1. The number of rotatable bonds is 12. The first-order valence-electron chi connectivity index (χ1n) is 13.9. The fraction of sp³-hybridized carbons (Fsp3) is 0.212. The molecule has 0 saturated heterocycles. The van der Waals surface area contributed by atoms with E-state index in [2.05, 4.69) is 5.32 Å². The minimum atomic E-state index is -4.24. The lowest BCUT2D eigenvalue weighted by atomic mass is 10.0. The molecule has 0 aliphatic rings. The Kier molecular flexibility index (Phi) is 11.3. The van der Waals surface area contributed by atoms with Crippen molar-refractivity contribution in [3.8, 4) is 0 Å². The van der Waals surface area contributed by atoms with E-state index in [1.807, 2.05) is 30.3 Å². The summed E-state index contributed by atoms with van der Waals surface area (Å²) >= 11 is 19.0. The molecule has 7 nitrogen and oxygen atoms in total. The molecule has 4 aromatic rings. The van der Waals surface area contributed by atoms with Gasteiger partial charge in [0.25, 0.3) is 10.0 Å². The number of carbonyl (C=O) groups excluding carboxylic acids is 2. The van der Waals surface area contributed by atoms with Crippen molar-refractivity contribution in [1.82, 2.24) is 10.2 Å². The molecule has 1 atom stereocenters. The molecular weight excluding hydrogens is 641 g/mol. The third-order valence-electron chi connectivity index (χ3n) is 7.03. The molecule has 4 aromatic carbocycles. The first-order chi connectivity index (χ1) is 21.0. The van der Waals surface area contributed by atoms with Crippen LogP contribution in [0.3, 0.4) is 0 Å². The van der Waals surface area contributed by atoms with Crippen molar-refractivity contribution in [1.29, 1.82) is 0 Å². The van der Waals surface area contributed by atoms with Gasteiger partial charge in [-0.2, -0.15) is 0 Å². The molecule has 0 radical (unpaired) electrons. The van der Waals surface area contributed by atoms with Crippen LogP contribution < -0.4 is 9.62 Å². The summed E-state index contributed by atoms with van der Waals surface area (Å²) in [7, 11) is -4.24. The molecule has 0 bridgehead atoms. The normalized spacial score (nSPS) is 11.9. The van der Waals surface area contributed by atoms with Gasteiger partial charge in [0.15, 0.2) is 0 Å². The average Bonchev–Trinajstić information content (AvgIpc) is 3.01. The Morgan fingerprint density at radius 3 is 2.09 bits per heavy atom. The van der Waals surface area contributed by atoms with Crippen molar-refractivity contribution in [2.45, 2.75) is 37.8 Å². The number of nitrogens with one attached hydrogen (secondary N) is 1. The summed E-state index contributed by atoms with van der Waals surface area (Å²) in [5.41, 5.74) is 2.21. The van der Waals surface area contributed by atoms with Gasteiger partial charge in [-0.1, -0.05) is 95.5 Å². The second-order valence-electron chi connectivity index (χ2n) is 10.1. The molecule has 11 heteroatoms. The summed E-state index contributed by atoms with van der Waals surface area (Å²) in [4.78, 5) is 29.4. The third kappa shape index (κ3) is 8.12. The van der Waals surface area contributed by atoms with Crippen LogP contribution in [0.25, 0.3) is 0 Å². The van der Waals surface area contributed by atoms with Gasteiger partial charge in [0.1, 0.15) is 12.6 Å². The van der Waals surface area contributed by atoms with Gasteiger partial charge in [0.05, 0.1) is 10.6 Å². The van der Waals surface area contributed by atoms with Gasteiger partial charge < -0.3 is 10.2 Å². The molecule has 0 fully saturated rings. The van der Waals surface area contributed by atoms with Gasteiger partial charge in [-0.15, -0.1) is 0 Å². The number of anilines is 1. The van der Waals surface area contributed by atoms with Crippen LogP contribution in [-0.4, -0.2) is 44.3 Å². The molecule has 230 valence electrons. The van der Waals surface area contributed by atoms with E-state index in [9.17, 15) is 18.0 Å². The maximum atomic E-state index is 14.5. The van der Waals surface area contributed by atoms with Crippen LogP contribution in [0.4, 0.5) is 5.69 Å². The summed E-state index contributed by atoms with van der Waals surface area (Å²) in [6, 6.07) is 25.9. The Balaban J connectivity index is 1.84. The molecule has 0 heterocycles. The quantitative estimate of drug-likeness (QED) is 0.177. The van der Waals surface area contributed by atoms with Crippen LogP contribution in [0.5, 0.6) is 0 Å². The number of nitrogens with zero attached hydrogens (tertiary/aromatic N) is 2. The van der Waals surface area contributed by atoms with Gasteiger partial charge >= 0.3 is 0 Å². The molecule has 0 saturated carbocycles. The Morgan fingerprint density at radius 2 is 1.45 bits per heavy atom. The highest BCUT2D eigenvalue weighted by Crippen LogP contribution is 2.31. The predicted octanol–water partition coefficient (Wildman–Crippen LogP) is 6.93. The molecule has 0 spiro atoms. The Morgan fingerprint density at radius 1 is 0.841 bits per heavy atom. The van der Waals surface area contributed by atoms with Crippen molar-refractivity contribution in [3.63, 3.8) is 0 Å². The van der Waals surface area contributed by atoms with Crippen LogP contribution in [0, 0.1) is 6.92 Å². The van der Waals surface area contributed by atoms with E-state index < -0.39 is 28.5 Å². The standard InChI is InChI=1S/C33H32Cl3N3O4S/c1-3-37-33(41)31(18-24-10-6-4-7-11-24)38(21-25-15-17-26(34)19-29(25)36)32(40)22-39(30-20-27(35)16-14-23(30)2)44(42,43)28-12-8-5-9-13-28/h4-17,19-20,31H,3,18,21-22H2,1-2H3,(H,37,41)/t31-/m0/s1. The van der Waals surface area contributed by atoms with Crippen molar-refractivity contribution in [2.75, 3.05) is 17.4 Å². The van der Waals surface area contributed by atoms with Crippen LogP contribution in [-0.2, 0) is 32.6 Å². The van der Waals surface area contributed by atoms with Crippen LogP contribution >= 0.6 is 34.8 Å². The van der Waals surface area contributed by atoms with Crippen molar-refractivity contribution in [3.05, 3.63) is 129 Å². The molecule has 44 heavy (non-hydrogen) atoms. The minimum Gasteiger partial charge on any atom is -0.355 e. The number of aryl methyl sites for hydroxylation is 1. The summed E-state index contributed by atoms with van der Waals surface area (Å²) in [5.74, 6) is -0.992. The van der Waals surface area contributed by atoms with Gasteiger partial charge in [-0.25, -0.2) is 8.42 Å². The zero-order valence-corrected chi connectivity index (χ0v) is 27.3. The summed E-state index contributed by atoms with van der Waals surface area (Å²) in [5, 5.41) is 3.86. The van der Waals surface area contributed by atoms with E-state index in [1.54, 1.807) is 62.4 Å². The van der Waals surface area contributed by atoms with E-state index in [1.165, 1.54) is 23.1 Å². The molecule has 2 amide bonds. The summed E-state index contributed by atoms with van der Waals surface area (Å²) < 4.78 is 29.2. The van der Waals surface area contributed by atoms with Crippen molar-refractivity contribution < 1.29 is 18.0 Å². The van der Waals surface area contributed by atoms with E-state index in [-0.39, 0.29) is 29.5 Å². The van der Waals surface area contributed by atoms with Gasteiger partial charge in [0, 0.05) is 34.6 Å². The summed E-state index contributed by atoms with van der Waals surface area (Å²) in [6.45, 7) is 3.19. The van der Waals surface area contributed by atoms with E-state index in [0.717, 1.165) is 9.87 Å². The monoisotopic (exact) mass is 671 g/mol. The average molecular weight is 673 g/mol. The smallest absolute Gasteiger partial charge is 0.264 e. The Labute approximate surface area is 273 Å². The number of hydrogen-bond acceptors (Lipinski definition) is 4. The highest BCUT2D eigenvalue weighted by Gasteiger charge is 2.35. The number of amides is 2. The van der Waals surface area contributed by atoms with Crippen LogP contribution in [0.15, 0.2) is 102 Å². The van der Waals surface area contributed by atoms with Crippen molar-refractivity contribution >= 4 is 62.3 Å². The van der Waals surface area contributed by atoms with Crippen LogP contribution in [0.2, 0.25) is 15.1 Å². The van der Waals surface area contributed by atoms with E-state index in [4.69, 9.17) is 34.8 Å². The highest BCUT2D eigenvalue weighted by atomic mass is 35.5. The first-order valence-corrected chi connectivity index (χ1v) is 16.5. The second kappa shape index (κ2) is 14.9. The molecule has 1 N–H and O–H groups in total. The van der Waals surface area contributed by atoms with E-state index >= 15 is 0 Å². The fourth-order valence-electron chi connectivity index (χ4n) is 4.76. The predicted molar refractivity (Wildman–Crippen MR) is 177 cm³/mol. The minimum absolute atomic E-state index is 0.00373. The lowest BCUT2D eigenvalue weighted by Gasteiger charge is -2.34. The topological polar surface area (TPSA) is 86.8 Å². The Hall–Kier alpha value is -3.56. The number of carbonyl (C=O) groups is 2. The highest BCUT2D eigenvalue weighted by molar-refractivity contribution is 7.92. The zero-order valence-electron chi connectivity index (χ0n) is 24.2. The van der Waals surface area contributed by atoms with Crippen molar-refractivity contribution in [2.24, 2.45) is 0 Å². The lowest BCUT2D eigenvalue weighted by Crippen LogP contribution is -2.53. The zero-order chi connectivity index (χ0) is 31.9. The van der Waals surface area contributed by atoms with Crippen LogP contribution in [0.1, 0.15) is 23.6 Å². The molecule has 0 aromatic heterocycles.